The summed E-state index contributed by atoms with van der Waals surface area (Å²) in [5.74, 6) is 0. The van der Waals surface area contributed by atoms with Crippen molar-refractivity contribution in [3.8, 4) is 0 Å². The van der Waals surface area contributed by atoms with Crippen molar-refractivity contribution in [2.75, 3.05) is 0 Å². The Morgan fingerprint density at radius 2 is 1.70 bits per heavy atom. The Balaban J connectivity index is 0.000000306. The molecule has 4 rings (SSSR count). The number of fused-ring (bicyclic) bond motifs is 1. The van der Waals surface area contributed by atoms with Crippen LogP contribution in [0.25, 0.3) is 10.8 Å². The number of benzene rings is 2. The maximum Gasteiger partial charge on any atom is -0.0809 e. The van der Waals surface area contributed by atoms with E-state index in [2.05, 4.69) is 64.9 Å². The molecule has 23 heavy (non-hydrogen) atoms. The predicted octanol–water partition coefficient (Wildman–Crippen LogP) is 5.77. The fraction of sp³-hybridized carbons (Fsp3) is 0.0455. The first-order chi connectivity index (χ1) is 11.0. The van der Waals surface area contributed by atoms with Crippen molar-refractivity contribution in [1.82, 2.24) is 0 Å². The van der Waals surface area contributed by atoms with Gasteiger partial charge < -0.3 is 7.43 Å². The van der Waals surface area contributed by atoms with Gasteiger partial charge in [-0.05, 0) is 0 Å². The van der Waals surface area contributed by atoms with E-state index >= 15 is 0 Å². The number of allylic oxidation sites excluding steroid dienone is 4. The topological polar surface area (TPSA) is 0 Å². The zero-order valence-corrected chi connectivity index (χ0v) is 16.0. The Morgan fingerprint density at radius 3 is 2.13 bits per heavy atom. The third-order valence-corrected chi connectivity index (χ3v) is 2.74. The van der Waals surface area contributed by atoms with Gasteiger partial charge in [-0.1, -0.05) is 6.07 Å². The Hall–Kier alpha value is -1.72. The summed E-state index contributed by atoms with van der Waals surface area (Å²) in [6.45, 7) is 0. The number of hydrogen-bond acceptors (Lipinski definition) is 0. The standard InChI is InChI=1S/C9H7.C6H5.C5H5.CH3.CH2.Zr/c1-2-5-9-7-3-6-8(9)4-1;1-2-4-6-5-3-1;1-2-4-5-3-1;;;/h1-7H;1-5H;1-3H,4H2;1H3;1H2;/q4*-1;;. The molecule has 1 aliphatic carbocycles. The first-order valence-electron chi connectivity index (χ1n) is 7.05. The van der Waals surface area contributed by atoms with Gasteiger partial charge in [0.1, 0.15) is 0 Å². The van der Waals surface area contributed by atoms with Crippen LogP contribution >= 0.6 is 0 Å². The van der Waals surface area contributed by atoms with Crippen molar-refractivity contribution in [1.29, 1.82) is 0 Å². The SMILES string of the molecule is [C-]1=CC=CC1.[CH2]=[Zr].[CH3-].[c-]1ccccc1.c1ccc2[cH-]ccc2c1. The predicted molar refractivity (Wildman–Crippen MR) is 99.9 cm³/mol. The third kappa shape index (κ3) is 9.81. The molecule has 0 nitrogen and oxygen atoms in total. The number of rotatable bonds is 0. The largest absolute Gasteiger partial charge is 0.358 e. The van der Waals surface area contributed by atoms with Crippen molar-refractivity contribution in [3.63, 3.8) is 0 Å². The zero-order valence-electron chi connectivity index (χ0n) is 13.6. The molecule has 0 aliphatic heterocycles. The van der Waals surface area contributed by atoms with Gasteiger partial charge >= 0.3 is 28.4 Å². The van der Waals surface area contributed by atoms with Crippen molar-refractivity contribution >= 4 is 15.0 Å². The van der Waals surface area contributed by atoms with E-state index in [0.29, 0.717) is 0 Å². The summed E-state index contributed by atoms with van der Waals surface area (Å²) in [6, 6.07) is 27.2. The van der Waals surface area contributed by atoms with Gasteiger partial charge in [0.2, 0.25) is 0 Å². The Morgan fingerprint density at radius 1 is 0.957 bits per heavy atom. The van der Waals surface area contributed by atoms with E-state index in [1.165, 1.54) is 35.0 Å². The smallest absolute Gasteiger partial charge is 0.0809 e. The van der Waals surface area contributed by atoms with Crippen molar-refractivity contribution < 1.29 is 24.2 Å². The molecule has 0 unspecified atom stereocenters. The average Bonchev–Trinajstić information content (AvgIpc) is 3.33. The van der Waals surface area contributed by atoms with E-state index in [0.717, 1.165) is 6.42 Å². The Kier molecular flexibility index (Phi) is 14.1. The Bertz CT molecular complexity index is 596. The van der Waals surface area contributed by atoms with Gasteiger partial charge in [-0.3, -0.25) is 6.08 Å². The van der Waals surface area contributed by atoms with E-state index < -0.39 is 0 Å². The van der Waals surface area contributed by atoms with E-state index in [9.17, 15) is 0 Å². The molecule has 0 atom stereocenters. The van der Waals surface area contributed by atoms with E-state index in [1.54, 1.807) is 0 Å². The van der Waals surface area contributed by atoms with Crippen LogP contribution in [-0.2, 0) is 24.2 Å². The Labute approximate surface area is 155 Å². The summed E-state index contributed by atoms with van der Waals surface area (Å²) in [5.41, 5.74) is 0. The van der Waals surface area contributed by atoms with Gasteiger partial charge in [-0.15, -0.1) is 36.1 Å². The summed E-state index contributed by atoms with van der Waals surface area (Å²) in [7, 11) is 0. The molecule has 3 aromatic rings. The van der Waals surface area contributed by atoms with Crippen LogP contribution in [-0.4, -0.2) is 4.21 Å². The molecule has 0 saturated heterocycles. The monoisotopic (exact) mass is 376 g/mol. The third-order valence-electron chi connectivity index (χ3n) is 2.74. The zero-order chi connectivity index (χ0) is 15.9. The molecule has 1 aliphatic rings. The summed E-state index contributed by atoms with van der Waals surface area (Å²) >= 11 is 1.30. The van der Waals surface area contributed by atoms with Crippen molar-refractivity contribution in [2.45, 2.75) is 6.42 Å². The van der Waals surface area contributed by atoms with Crippen LogP contribution in [0.5, 0.6) is 0 Å². The van der Waals surface area contributed by atoms with Crippen LogP contribution in [0.2, 0.25) is 0 Å². The van der Waals surface area contributed by atoms with E-state index in [1.807, 2.05) is 42.5 Å². The molecule has 0 N–H and O–H groups in total. The van der Waals surface area contributed by atoms with E-state index in [-0.39, 0.29) is 7.43 Å². The van der Waals surface area contributed by atoms with Crippen LogP contribution in [0.1, 0.15) is 6.42 Å². The first kappa shape index (κ1) is 21.3. The molecule has 0 saturated carbocycles. The minimum Gasteiger partial charge on any atom is -0.358 e. The summed E-state index contributed by atoms with van der Waals surface area (Å²) in [5, 5.41) is 2.66. The van der Waals surface area contributed by atoms with Gasteiger partial charge in [-0.25, -0.2) is 12.2 Å². The minimum atomic E-state index is 0. The number of hydrogen-bond donors (Lipinski definition) is 0. The van der Waals surface area contributed by atoms with Crippen LogP contribution in [0, 0.1) is 19.6 Å². The molecular formula is C22H22Zr-4. The van der Waals surface area contributed by atoms with Crippen molar-refractivity contribution in [3.05, 3.63) is 111 Å². The molecule has 0 amide bonds. The molecule has 0 bridgehead atoms. The van der Waals surface area contributed by atoms with Crippen LogP contribution < -0.4 is 0 Å². The van der Waals surface area contributed by atoms with Crippen LogP contribution in [0.4, 0.5) is 0 Å². The molecule has 118 valence electrons. The van der Waals surface area contributed by atoms with Gasteiger partial charge in [-0.2, -0.15) is 60.0 Å². The molecule has 1 heteroatoms. The second-order valence-corrected chi connectivity index (χ2v) is 4.24. The molecule has 3 aromatic carbocycles. The molecule has 0 radical (unpaired) electrons. The second-order valence-electron chi connectivity index (χ2n) is 4.24. The van der Waals surface area contributed by atoms with Gasteiger partial charge in [0.15, 0.2) is 0 Å². The molecule has 0 fully saturated rings. The first-order valence-corrected chi connectivity index (χ1v) is 8.79. The molecule has 0 aromatic heterocycles. The van der Waals surface area contributed by atoms with Gasteiger partial charge in [0.05, 0.1) is 0 Å². The van der Waals surface area contributed by atoms with Gasteiger partial charge in [0, 0.05) is 0 Å². The summed E-state index contributed by atoms with van der Waals surface area (Å²) in [4.78, 5) is 0. The van der Waals surface area contributed by atoms with Crippen LogP contribution in [0.15, 0.2) is 91.0 Å². The van der Waals surface area contributed by atoms with Crippen LogP contribution in [0.3, 0.4) is 0 Å². The van der Waals surface area contributed by atoms with Crippen molar-refractivity contribution in [2.24, 2.45) is 0 Å². The maximum atomic E-state index is 3.34. The van der Waals surface area contributed by atoms with Gasteiger partial charge in [0.25, 0.3) is 0 Å². The van der Waals surface area contributed by atoms with E-state index in [4.69, 9.17) is 0 Å². The fourth-order valence-electron chi connectivity index (χ4n) is 1.75. The minimum absolute atomic E-state index is 0. The normalized spacial score (nSPS) is 10.0. The summed E-state index contributed by atoms with van der Waals surface area (Å²) < 4.78 is 3.34. The summed E-state index contributed by atoms with van der Waals surface area (Å²) in [6.07, 6.45) is 10.0. The molecule has 0 spiro atoms. The fourth-order valence-corrected chi connectivity index (χ4v) is 1.75. The second kappa shape index (κ2) is 15.2. The molecule has 0 heterocycles. The average molecular weight is 378 g/mol. The maximum absolute atomic E-state index is 3.34. The quantitative estimate of drug-likeness (QED) is 0.436. The molecular weight excluding hydrogens is 355 g/mol.